The third-order valence-corrected chi connectivity index (χ3v) is 12.0. The maximum absolute atomic E-state index is 13.5. The van der Waals surface area contributed by atoms with Crippen LogP contribution in [0, 0.1) is 17.8 Å². The van der Waals surface area contributed by atoms with Gasteiger partial charge in [0.2, 0.25) is 10.0 Å². The number of halogens is 1. The van der Waals surface area contributed by atoms with Crippen LogP contribution in [0.1, 0.15) is 79.3 Å². The predicted octanol–water partition coefficient (Wildman–Crippen LogP) is 6.03. The molecular formula is C33H41ClN2O5S. The first kappa shape index (κ1) is 29.5. The van der Waals surface area contributed by atoms with Crippen molar-refractivity contribution in [2.45, 2.75) is 82.2 Å². The number of aliphatic hydroxyl groups excluding tert-OH is 1. The SMILES string of the molecule is O=C1NS(=O)(=O)[C@@H]2CCCCC2C/C=C/[C@H](O)[C@@H]2CC[C@H]2CN2CCCCc3cc(Cl)ccc3COc3ccc1cc32. The molecule has 2 aliphatic carbocycles. The van der Waals surface area contributed by atoms with Gasteiger partial charge in [0.15, 0.2) is 0 Å². The number of nitrogens with one attached hydrogen (secondary N) is 1. The van der Waals surface area contributed by atoms with Gasteiger partial charge in [-0.25, -0.2) is 13.1 Å². The number of fused-ring (bicyclic) bond motifs is 4. The predicted molar refractivity (Wildman–Crippen MR) is 165 cm³/mol. The molecule has 1 amide bonds. The van der Waals surface area contributed by atoms with Crippen molar-refractivity contribution in [3.63, 3.8) is 0 Å². The first-order chi connectivity index (χ1) is 20.3. The van der Waals surface area contributed by atoms with Crippen LogP contribution in [0.3, 0.4) is 0 Å². The number of benzene rings is 2. The zero-order valence-corrected chi connectivity index (χ0v) is 25.6. The van der Waals surface area contributed by atoms with Crippen LogP contribution < -0.4 is 14.4 Å². The Bertz CT molecular complexity index is 1440. The summed E-state index contributed by atoms with van der Waals surface area (Å²) in [5.74, 6) is 0.442. The highest BCUT2D eigenvalue weighted by molar-refractivity contribution is 7.90. The molecule has 226 valence electrons. The van der Waals surface area contributed by atoms with Gasteiger partial charge in [-0.3, -0.25) is 4.79 Å². The van der Waals surface area contributed by atoms with Gasteiger partial charge in [0.05, 0.1) is 17.0 Å². The summed E-state index contributed by atoms with van der Waals surface area (Å²) in [6.45, 7) is 1.86. The van der Waals surface area contributed by atoms with E-state index in [0.717, 1.165) is 75.7 Å². The average Bonchev–Trinajstić information content (AvgIpc) is 2.98. The summed E-state index contributed by atoms with van der Waals surface area (Å²) in [7, 11) is -3.88. The molecule has 7 nitrogen and oxygen atoms in total. The Balaban J connectivity index is 1.38. The van der Waals surface area contributed by atoms with Crippen LogP contribution >= 0.6 is 11.6 Å². The molecule has 2 saturated carbocycles. The van der Waals surface area contributed by atoms with E-state index in [9.17, 15) is 18.3 Å². The monoisotopic (exact) mass is 612 g/mol. The molecule has 2 bridgehead atoms. The molecule has 2 aromatic carbocycles. The van der Waals surface area contributed by atoms with Gasteiger partial charge in [-0.05, 0) is 111 Å². The quantitative estimate of drug-likeness (QED) is 0.353. The zero-order valence-electron chi connectivity index (χ0n) is 24.0. The Labute approximate surface area is 254 Å². The van der Waals surface area contributed by atoms with Gasteiger partial charge >= 0.3 is 0 Å². The maximum atomic E-state index is 13.5. The Hall–Kier alpha value is -2.55. The second kappa shape index (κ2) is 12.6. The molecule has 1 unspecified atom stereocenters. The van der Waals surface area contributed by atoms with Gasteiger partial charge in [-0.15, -0.1) is 0 Å². The first-order valence-electron chi connectivity index (χ1n) is 15.5. The van der Waals surface area contributed by atoms with E-state index in [0.29, 0.717) is 41.7 Å². The van der Waals surface area contributed by atoms with Crippen molar-refractivity contribution in [3.05, 3.63) is 70.3 Å². The van der Waals surface area contributed by atoms with Gasteiger partial charge < -0.3 is 14.7 Å². The number of carbonyl (C=O) groups is 1. The molecule has 2 fully saturated rings. The smallest absolute Gasteiger partial charge is 0.264 e. The molecular weight excluding hydrogens is 572 g/mol. The Kier molecular flexibility index (Phi) is 8.85. The van der Waals surface area contributed by atoms with E-state index in [1.165, 1.54) is 5.56 Å². The number of aliphatic hydroxyl groups is 1. The normalized spacial score (nSPS) is 30.6. The standard InChI is InChI=1S/C33H41ClN2O5S/c34-27-14-11-26-21-41-31-16-13-24-19-29(31)36(17-4-3-7-23(26)18-27)20-25-12-15-28(25)30(37)9-5-8-22-6-1-2-10-32(22)42(39,40)35-33(24)38/h5,9,11,13-14,16,18-19,22,25,28,30,32,37H,1-4,6-8,10,12,15,17,20-21H2,(H,35,38)/b9-5+/t22?,25-,28+,30-,32+/m0/s1. The summed E-state index contributed by atoms with van der Waals surface area (Å²) >= 11 is 6.31. The number of allylic oxidation sites excluding steroid dienone is 1. The highest BCUT2D eigenvalue weighted by Gasteiger charge is 2.39. The molecule has 42 heavy (non-hydrogen) atoms. The fourth-order valence-corrected chi connectivity index (χ4v) is 9.24. The van der Waals surface area contributed by atoms with E-state index in [1.807, 2.05) is 30.4 Å². The van der Waals surface area contributed by atoms with Crippen molar-refractivity contribution in [1.82, 2.24) is 4.72 Å². The van der Waals surface area contributed by atoms with Gasteiger partial charge in [0, 0.05) is 23.7 Å². The molecule has 0 saturated heterocycles. The number of hydrogen-bond donors (Lipinski definition) is 2. The summed E-state index contributed by atoms with van der Waals surface area (Å²) < 4.78 is 35.9. The van der Waals surface area contributed by atoms with Crippen LogP contribution in [0.25, 0.3) is 0 Å². The molecule has 2 heterocycles. The third kappa shape index (κ3) is 6.36. The summed E-state index contributed by atoms with van der Waals surface area (Å²) in [4.78, 5) is 15.8. The van der Waals surface area contributed by atoms with Crippen LogP contribution in [0.4, 0.5) is 5.69 Å². The lowest BCUT2D eigenvalue weighted by Gasteiger charge is -2.42. The van der Waals surface area contributed by atoms with E-state index in [1.54, 1.807) is 18.2 Å². The van der Waals surface area contributed by atoms with E-state index in [2.05, 4.69) is 9.62 Å². The molecule has 5 atom stereocenters. The number of aryl methyl sites for hydroxylation is 1. The summed E-state index contributed by atoms with van der Waals surface area (Å²) in [6.07, 6.45) is 11.8. The van der Waals surface area contributed by atoms with Crippen molar-refractivity contribution in [2.75, 3.05) is 18.0 Å². The minimum Gasteiger partial charge on any atom is -0.487 e. The minimum absolute atomic E-state index is 0.0772. The molecule has 0 aromatic heterocycles. The van der Waals surface area contributed by atoms with Gasteiger partial charge in [0.1, 0.15) is 12.4 Å². The molecule has 2 N–H and O–H groups in total. The average molecular weight is 613 g/mol. The van der Waals surface area contributed by atoms with Crippen molar-refractivity contribution in [1.29, 1.82) is 0 Å². The lowest BCUT2D eigenvalue weighted by atomic mass is 9.70. The van der Waals surface area contributed by atoms with Crippen LogP contribution in [0.15, 0.2) is 48.6 Å². The molecule has 4 aliphatic rings. The second-order valence-electron chi connectivity index (χ2n) is 12.5. The number of ether oxygens (including phenoxy) is 1. The topological polar surface area (TPSA) is 95.9 Å². The molecule has 2 aromatic rings. The minimum atomic E-state index is -3.88. The van der Waals surface area contributed by atoms with Gasteiger partial charge in [-0.2, -0.15) is 0 Å². The van der Waals surface area contributed by atoms with E-state index in [4.69, 9.17) is 16.3 Å². The number of carbonyl (C=O) groups excluding carboxylic acids is 1. The fourth-order valence-electron chi connectivity index (χ4n) is 7.28. The Morgan fingerprint density at radius 3 is 2.64 bits per heavy atom. The second-order valence-corrected chi connectivity index (χ2v) is 14.8. The number of amides is 1. The van der Waals surface area contributed by atoms with E-state index >= 15 is 0 Å². The van der Waals surface area contributed by atoms with E-state index < -0.39 is 27.3 Å². The number of nitrogens with zero attached hydrogens (tertiary/aromatic N) is 1. The van der Waals surface area contributed by atoms with Crippen molar-refractivity contribution >= 4 is 33.2 Å². The number of hydrogen-bond acceptors (Lipinski definition) is 6. The Morgan fingerprint density at radius 1 is 0.952 bits per heavy atom. The maximum Gasteiger partial charge on any atom is 0.264 e. The van der Waals surface area contributed by atoms with Crippen molar-refractivity contribution in [3.8, 4) is 5.75 Å². The highest BCUT2D eigenvalue weighted by Crippen LogP contribution is 2.41. The van der Waals surface area contributed by atoms with Crippen LogP contribution in [-0.4, -0.2) is 43.9 Å². The van der Waals surface area contributed by atoms with E-state index in [-0.39, 0.29) is 11.8 Å². The zero-order chi connectivity index (χ0) is 29.3. The Morgan fingerprint density at radius 2 is 1.81 bits per heavy atom. The number of sulfonamides is 1. The van der Waals surface area contributed by atoms with Crippen molar-refractivity contribution in [2.24, 2.45) is 17.8 Å². The largest absolute Gasteiger partial charge is 0.487 e. The van der Waals surface area contributed by atoms with Crippen LogP contribution in [0.2, 0.25) is 5.02 Å². The molecule has 0 radical (unpaired) electrons. The summed E-state index contributed by atoms with van der Waals surface area (Å²) in [5.41, 5.74) is 3.35. The number of anilines is 1. The van der Waals surface area contributed by atoms with Gasteiger partial charge in [-0.1, -0.05) is 42.7 Å². The first-order valence-corrected chi connectivity index (χ1v) is 17.4. The molecule has 9 heteroatoms. The lowest BCUT2D eigenvalue weighted by Crippen LogP contribution is -2.44. The van der Waals surface area contributed by atoms with Crippen LogP contribution in [-0.2, 0) is 23.1 Å². The highest BCUT2D eigenvalue weighted by atomic mass is 35.5. The molecule has 2 aliphatic heterocycles. The fraction of sp³-hybridized carbons (Fsp3) is 0.545. The van der Waals surface area contributed by atoms with Crippen LogP contribution in [0.5, 0.6) is 5.75 Å². The molecule has 0 spiro atoms. The number of rotatable bonds is 0. The summed E-state index contributed by atoms with van der Waals surface area (Å²) in [5, 5.41) is 11.2. The molecule has 6 rings (SSSR count). The van der Waals surface area contributed by atoms with Gasteiger partial charge in [0.25, 0.3) is 5.91 Å². The third-order valence-electron chi connectivity index (χ3n) is 9.85. The van der Waals surface area contributed by atoms with Crippen molar-refractivity contribution < 1.29 is 23.1 Å². The summed E-state index contributed by atoms with van der Waals surface area (Å²) in [6, 6.07) is 11.1. The lowest BCUT2D eigenvalue weighted by molar-refractivity contribution is 0.0460.